The molecule has 0 saturated heterocycles. The van der Waals surface area contributed by atoms with Gasteiger partial charge in [0.1, 0.15) is 12.0 Å². The number of carbonyl (C=O) groups is 1. The number of ether oxygens (including phenoxy) is 1. The molecule has 1 aromatic carbocycles. The highest BCUT2D eigenvalue weighted by molar-refractivity contribution is 5.74. The van der Waals surface area contributed by atoms with Gasteiger partial charge < -0.3 is 9.84 Å². The highest BCUT2D eigenvalue weighted by atomic mass is 16.5. The second kappa shape index (κ2) is 7.31. The summed E-state index contributed by atoms with van der Waals surface area (Å²) in [5.74, 6) is 0.769. The predicted octanol–water partition coefficient (Wildman–Crippen LogP) is 1.51. The molecule has 0 radical (unpaired) electrons. The summed E-state index contributed by atoms with van der Waals surface area (Å²) < 4.78 is 4.90. The normalized spacial score (nSPS) is 8.23. The van der Waals surface area contributed by atoms with Gasteiger partial charge in [-0.3, -0.25) is 4.79 Å². The van der Waals surface area contributed by atoms with Crippen molar-refractivity contribution in [3.63, 3.8) is 0 Å². The van der Waals surface area contributed by atoms with Crippen LogP contribution in [-0.4, -0.2) is 25.1 Å². The van der Waals surface area contributed by atoms with Crippen molar-refractivity contribution in [3.8, 4) is 5.75 Å². The van der Waals surface area contributed by atoms with Gasteiger partial charge in [0.05, 0.1) is 7.11 Å². The Morgan fingerprint density at radius 3 is 2.15 bits per heavy atom. The molecule has 0 atom stereocenters. The third-order valence-electron chi connectivity index (χ3n) is 1.25. The molecule has 0 aliphatic carbocycles. The number of carbonyl (C=O) groups excluding carboxylic acids is 1. The maximum absolute atomic E-state index is 10.2. The number of aliphatic hydroxyl groups excluding tert-OH is 1. The van der Waals surface area contributed by atoms with Crippen LogP contribution in [0.5, 0.6) is 5.75 Å². The molecule has 0 unspecified atom stereocenters. The van der Waals surface area contributed by atoms with Crippen molar-refractivity contribution in [3.05, 3.63) is 29.8 Å². The predicted molar refractivity (Wildman–Crippen MR) is 51.1 cm³/mol. The Morgan fingerprint density at radius 2 is 1.85 bits per heavy atom. The van der Waals surface area contributed by atoms with E-state index in [0.717, 1.165) is 12.0 Å². The lowest BCUT2D eigenvalue weighted by atomic mass is 10.2. The molecule has 0 bridgehead atoms. The molecule has 3 heteroatoms. The summed E-state index contributed by atoms with van der Waals surface area (Å²) in [4.78, 5) is 10.2. The van der Waals surface area contributed by atoms with E-state index in [1.54, 1.807) is 38.3 Å². The van der Waals surface area contributed by atoms with E-state index >= 15 is 0 Å². The van der Waals surface area contributed by atoms with Gasteiger partial charge in [0, 0.05) is 12.2 Å². The Kier molecular flexibility index (Phi) is 6.55. The molecule has 13 heavy (non-hydrogen) atoms. The summed E-state index contributed by atoms with van der Waals surface area (Å²) in [6.07, 6.45) is 0.805. The fraction of sp³-hybridized carbons (Fsp3) is 0.300. The molecule has 0 aliphatic rings. The number of rotatable bonds is 2. The molecule has 1 rings (SSSR count). The van der Waals surface area contributed by atoms with E-state index in [0.29, 0.717) is 5.56 Å². The van der Waals surface area contributed by atoms with Crippen molar-refractivity contribution < 1.29 is 14.6 Å². The second-order valence-electron chi connectivity index (χ2n) is 2.21. The van der Waals surface area contributed by atoms with Gasteiger partial charge in [0.2, 0.25) is 0 Å². The van der Waals surface area contributed by atoms with Gasteiger partial charge in [0.25, 0.3) is 0 Å². The standard InChI is InChI=1S/C8H8O2.C2H6O/c1-10-8-4-2-7(6-9)3-5-8;1-2-3/h2-6H,1H3;3H,2H2,1H3. The van der Waals surface area contributed by atoms with E-state index in [4.69, 9.17) is 9.84 Å². The highest BCUT2D eigenvalue weighted by Crippen LogP contribution is 2.09. The van der Waals surface area contributed by atoms with Crippen LogP contribution in [0.2, 0.25) is 0 Å². The quantitative estimate of drug-likeness (QED) is 0.705. The maximum atomic E-state index is 10.2. The highest BCUT2D eigenvalue weighted by Gasteiger charge is 1.89. The Labute approximate surface area is 78.0 Å². The largest absolute Gasteiger partial charge is 0.497 e. The van der Waals surface area contributed by atoms with Crippen LogP contribution < -0.4 is 4.74 Å². The van der Waals surface area contributed by atoms with Crippen molar-refractivity contribution in [2.75, 3.05) is 13.7 Å². The van der Waals surface area contributed by atoms with E-state index < -0.39 is 0 Å². The van der Waals surface area contributed by atoms with Crippen molar-refractivity contribution in [1.29, 1.82) is 0 Å². The van der Waals surface area contributed by atoms with Gasteiger partial charge in [-0.05, 0) is 31.2 Å². The lowest BCUT2D eigenvalue weighted by Gasteiger charge is -1.96. The SMILES string of the molecule is CCO.COc1ccc(C=O)cc1. The third kappa shape index (κ3) is 4.98. The first kappa shape index (κ1) is 11.6. The molecular weight excluding hydrogens is 168 g/mol. The smallest absolute Gasteiger partial charge is 0.150 e. The molecule has 3 nitrogen and oxygen atoms in total. The Balaban J connectivity index is 0.000000424. The van der Waals surface area contributed by atoms with Crippen molar-refractivity contribution >= 4 is 6.29 Å². The van der Waals surface area contributed by atoms with Crippen LogP contribution in [0.1, 0.15) is 17.3 Å². The van der Waals surface area contributed by atoms with Crippen molar-refractivity contribution in [2.45, 2.75) is 6.92 Å². The van der Waals surface area contributed by atoms with Gasteiger partial charge >= 0.3 is 0 Å². The molecule has 0 spiro atoms. The lowest BCUT2D eigenvalue weighted by Crippen LogP contribution is -1.82. The molecule has 0 amide bonds. The number of hydrogen-bond acceptors (Lipinski definition) is 3. The Hall–Kier alpha value is -1.35. The van der Waals surface area contributed by atoms with E-state index in [9.17, 15) is 4.79 Å². The first-order valence-electron chi connectivity index (χ1n) is 3.98. The molecular formula is C10H14O3. The van der Waals surface area contributed by atoms with Crippen LogP contribution in [0.3, 0.4) is 0 Å². The molecule has 0 aliphatic heterocycles. The average molecular weight is 182 g/mol. The first-order chi connectivity index (χ1) is 6.28. The number of methoxy groups -OCH3 is 1. The minimum atomic E-state index is 0.250. The number of aliphatic hydroxyl groups is 1. The molecule has 72 valence electrons. The van der Waals surface area contributed by atoms with Crippen LogP contribution in [0.4, 0.5) is 0 Å². The monoisotopic (exact) mass is 182 g/mol. The number of hydrogen-bond donors (Lipinski definition) is 1. The Bertz CT molecular complexity index is 228. The topological polar surface area (TPSA) is 46.5 Å². The maximum Gasteiger partial charge on any atom is 0.150 e. The minimum absolute atomic E-state index is 0.250. The lowest BCUT2D eigenvalue weighted by molar-refractivity contribution is 0.112. The minimum Gasteiger partial charge on any atom is -0.497 e. The van der Waals surface area contributed by atoms with Gasteiger partial charge in [-0.25, -0.2) is 0 Å². The Morgan fingerprint density at radius 1 is 1.38 bits per heavy atom. The van der Waals surface area contributed by atoms with E-state index in [1.807, 2.05) is 0 Å². The fourth-order valence-electron chi connectivity index (χ4n) is 0.682. The van der Waals surface area contributed by atoms with Crippen LogP contribution in [-0.2, 0) is 0 Å². The third-order valence-corrected chi connectivity index (χ3v) is 1.25. The second-order valence-corrected chi connectivity index (χ2v) is 2.21. The number of aldehydes is 1. The average Bonchev–Trinajstić information content (AvgIpc) is 2.19. The fourth-order valence-corrected chi connectivity index (χ4v) is 0.682. The summed E-state index contributed by atoms with van der Waals surface area (Å²) in [7, 11) is 1.59. The van der Waals surface area contributed by atoms with E-state index in [1.165, 1.54) is 0 Å². The van der Waals surface area contributed by atoms with Crippen LogP contribution in [0.25, 0.3) is 0 Å². The summed E-state index contributed by atoms with van der Waals surface area (Å²) in [6, 6.07) is 6.94. The summed E-state index contributed by atoms with van der Waals surface area (Å²) in [5, 5.41) is 7.57. The van der Waals surface area contributed by atoms with Crippen molar-refractivity contribution in [1.82, 2.24) is 0 Å². The molecule has 0 heterocycles. The molecule has 1 aromatic rings. The van der Waals surface area contributed by atoms with Crippen LogP contribution in [0.15, 0.2) is 24.3 Å². The van der Waals surface area contributed by atoms with Gasteiger partial charge in [0.15, 0.2) is 0 Å². The molecule has 0 aromatic heterocycles. The van der Waals surface area contributed by atoms with Crippen LogP contribution in [0, 0.1) is 0 Å². The summed E-state index contributed by atoms with van der Waals surface area (Å²) in [5.41, 5.74) is 0.667. The zero-order chi connectivity index (χ0) is 10.1. The summed E-state index contributed by atoms with van der Waals surface area (Å²) in [6.45, 7) is 1.93. The van der Waals surface area contributed by atoms with Crippen LogP contribution >= 0.6 is 0 Å². The van der Waals surface area contributed by atoms with E-state index in [-0.39, 0.29) is 6.61 Å². The molecule has 1 N–H and O–H groups in total. The zero-order valence-corrected chi connectivity index (χ0v) is 7.86. The number of benzene rings is 1. The van der Waals surface area contributed by atoms with Gasteiger partial charge in [-0.1, -0.05) is 0 Å². The van der Waals surface area contributed by atoms with Gasteiger partial charge in [-0.15, -0.1) is 0 Å². The van der Waals surface area contributed by atoms with E-state index in [2.05, 4.69) is 0 Å². The summed E-state index contributed by atoms with van der Waals surface area (Å²) >= 11 is 0. The first-order valence-corrected chi connectivity index (χ1v) is 3.98. The van der Waals surface area contributed by atoms with Gasteiger partial charge in [-0.2, -0.15) is 0 Å². The zero-order valence-electron chi connectivity index (χ0n) is 7.86. The molecule has 0 saturated carbocycles. The van der Waals surface area contributed by atoms with Crippen molar-refractivity contribution in [2.24, 2.45) is 0 Å². The molecule has 0 fully saturated rings.